The molecular formula is C8H8BrF2NO2. The number of rotatable bonds is 3. The number of hydrogen-bond donors (Lipinski definition) is 2. The number of halogens is 3. The predicted octanol–water partition coefficient (Wildman–Crippen LogP) is 2.11. The van der Waals surface area contributed by atoms with E-state index in [-0.39, 0.29) is 10.9 Å². The highest BCUT2D eigenvalue weighted by molar-refractivity contribution is 9.08. The van der Waals surface area contributed by atoms with Gasteiger partial charge in [-0.3, -0.25) is 4.98 Å². The maximum atomic E-state index is 12.5. The molecule has 2 N–H and O–H groups in total. The molecule has 78 valence electrons. The van der Waals surface area contributed by atoms with Gasteiger partial charge in [0.2, 0.25) is 0 Å². The summed E-state index contributed by atoms with van der Waals surface area (Å²) in [5.41, 5.74) is -0.255. The van der Waals surface area contributed by atoms with E-state index < -0.39 is 24.3 Å². The van der Waals surface area contributed by atoms with Crippen molar-refractivity contribution in [2.24, 2.45) is 0 Å². The number of alkyl halides is 3. The van der Waals surface area contributed by atoms with Crippen LogP contribution in [0.3, 0.4) is 0 Å². The minimum atomic E-state index is -2.82. The highest BCUT2D eigenvalue weighted by atomic mass is 79.9. The highest BCUT2D eigenvalue weighted by Gasteiger charge is 2.20. The zero-order valence-electron chi connectivity index (χ0n) is 7.04. The van der Waals surface area contributed by atoms with E-state index >= 15 is 0 Å². The molecule has 0 aliphatic carbocycles. The molecule has 0 bridgehead atoms. The molecule has 0 saturated heterocycles. The lowest BCUT2D eigenvalue weighted by Gasteiger charge is -2.11. The maximum Gasteiger partial charge on any atom is 0.267 e. The molecule has 3 nitrogen and oxygen atoms in total. The van der Waals surface area contributed by atoms with Gasteiger partial charge in [-0.1, -0.05) is 15.9 Å². The van der Waals surface area contributed by atoms with Gasteiger partial charge in [0, 0.05) is 10.9 Å². The van der Waals surface area contributed by atoms with E-state index in [9.17, 15) is 8.78 Å². The number of aromatic nitrogens is 1. The summed E-state index contributed by atoms with van der Waals surface area (Å²) in [6.07, 6.45) is -1.87. The van der Waals surface area contributed by atoms with E-state index in [4.69, 9.17) is 10.2 Å². The molecule has 0 saturated carbocycles. The average Bonchev–Trinajstić information content (AvgIpc) is 2.16. The van der Waals surface area contributed by atoms with Gasteiger partial charge in [-0.2, -0.15) is 0 Å². The Bertz CT molecular complexity index is 333. The lowest BCUT2D eigenvalue weighted by Crippen LogP contribution is -2.02. The maximum absolute atomic E-state index is 12.5. The van der Waals surface area contributed by atoms with Crippen LogP contribution in [0, 0.1) is 0 Å². The third-order valence-corrected chi connectivity index (χ3v) is 2.33. The molecule has 14 heavy (non-hydrogen) atoms. The summed E-state index contributed by atoms with van der Waals surface area (Å²) in [7, 11) is 0. The van der Waals surface area contributed by atoms with Crippen molar-refractivity contribution in [1.82, 2.24) is 4.98 Å². The zero-order chi connectivity index (χ0) is 10.7. The van der Waals surface area contributed by atoms with Gasteiger partial charge in [-0.15, -0.1) is 0 Å². The van der Waals surface area contributed by atoms with E-state index in [1.54, 1.807) is 0 Å². The summed E-state index contributed by atoms with van der Waals surface area (Å²) in [6, 6.07) is 0. The van der Waals surface area contributed by atoms with Crippen LogP contribution in [0.1, 0.15) is 23.2 Å². The van der Waals surface area contributed by atoms with Crippen molar-refractivity contribution < 1.29 is 19.0 Å². The molecule has 1 aromatic heterocycles. The smallest absolute Gasteiger partial charge is 0.267 e. The second kappa shape index (κ2) is 4.65. The SMILES string of the molecule is OCc1c(CBr)ncc(O)c1C(F)F. The topological polar surface area (TPSA) is 53.4 Å². The van der Waals surface area contributed by atoms with E-state index in [2.05, 4.69) is 20.9 Å². The van der Waals surface area contributed by atoms with Crippen LogP contribution in [0.4, 0.5) is 8.78 Å². The van der Waals surface area contributed by atoms with Crippen LogP contribution in [0.25, 0.3) is 0 Å². The van der Waals surface area contributed by atoms with Gasteiger partial charge in [-0.25, -0.2) is 8.78 Å². The predicted molar refractivity (Wildman–Crippen MR) is 49.4 cm³/mol. The van der Waals surface area contributed by atoms with Crippen molar-refractivity contribution in [3.05, 3.63) is 23.0 Å². The van der Waals surface area contributed by atoms with Crippen LogP contribution in [0.2, 0.25) is 0 Å². The van der Waals surface area contributed by atoms with Crippen LogP contribution in [-0.2, 0) is 11.9 Å². The van der Waals surface area contributed by atoms with Gasteiger partial charge < -0.3 is 10.2 Å². The van der Waals surface area contributed by atoms with Gasteiger partial charge in [-0.05, 0) is 0 Å². The summed E-state index contributed by atoms with van der Waals surface area (Å²) < 4.78 is 25.0. The molecule has 0 atom stereocenters. The Morgan fingerprint density at radius 1 is 1.50 bits per heavy atom. The Hall–Kier alpha value is -0.750. The molecule has 0 unspecified atom stereocenters. The van der Waals surface area contributed by atoms with E-state index in [0.717, 1.165) is 6.20 Å². The fourth-order valence-electron chi connectivity index (χ4n) is 1.13. The van der Waals surface area contributed by atoms with E-state index in [1.165, 1.54) is 0 Å². The molecule has 0 aliphatic heterocycles. The van der Waals surface area contributed by atoms with Gasteiger partial charge in [0.25, 0.3) is 6.43 Å². The van der Waals surface area contributed by atoms with Gasteiger partial charge in [0.1, 0.15) is 5.75 Å². The molecule has 1 rings (SSSR count). The normalized spacial score (nSPS) is 10.9. The summed E-state index contributed by atoms with van der Waals surface area (Å²) in [4.78, 5) is 3.72. The van der Waals surface area contributed by atoms with Crippen LogP contribution in [-0.4, -0.2) is 15.2 Å². The van der Waals surface area contributed by atoms with E-state index in [1.807, 2.05) is 0 Å². The highest BCUT2D eigenvalue weighted by Crippen LogP contribution is 2.32. The minimum absolute atomic E-state index is 0.0168. The first-order valence-electron chi connectivity index (χ1n) is 3.76. The summed E-state index contributed by atoms with van der Waals surface area (Å²) in [6.45, 7) is -0.567. The van der Waals surface area contributed by atoms with Crippen molar-refractivity contribution >= 4 is 15.9 Å². The first-order chi connectivity index (χ1) is 6.61. The van der Waals surface area contributed by atoms with Crippen molar-refractivity contribution in [2.75, 3.05) is 0 Å². The molecule has 0 amide bonds. The molecule has 6 heteroatoms. The zero-order valence-corrected chi connectivity index (χ0v) is 8.63. The van der Waals surface area contributed by atoms with Gasteiger partial charge in [0.05, 0.1) is 24.1 Å². The second-order valence-electron chi connectivity index (χ2n) is 2.57. The molecule has 0 fully saturated rings. The Labute approximate surface area is 87.5 Å². The largest absolute Gasteiger partial charge is 0.506 e. The van der Waals surface area contributed by atoms with E-state index in [0.29, 0.717) is 5.69 Å². The number of aromatic hydroxyl groups is 1. The second-order valence-corrected chi connectivity index (χ2v) is 3.14. The number of nitrogens with zero attached hydrogens (tertiary/aromatic N) is 1. The lowest BCUT2D eigenvalue weighted by molar-refractivity contribution is 0.142. The van der Waals surface area contributed by atoms with Crippen molar-refractivity contribution in [2.45, 2.75) is 18.4 Å². The first-order valence-corrected chi connectivity index (χ1v) is 4.88. The third-order valence-electron chi connectivity index (χ3n) is 1.79. The Kier molecular flexibility index (Phi) is 3.77. The summed E-state index contributed by atoms with van der Waals surface area (Å²) in [5, 5.41) is 18.3. The van der Waals surface area contributed by atoms with Crippen LogP contribution >= 0.6 is 15.9 Å². The summed E-state index contributed by atoms with van der Waals surface area (Å²) >= 11 is 3.06. The Morgan fingerprint density at radius 2 is 2.14 bits per heavy atom. The lowest BCUT2D eigenvalue weighted by atomic mass is 10.1. The Balaban J connectivity index is 3.35. The van der Waals surface area contributed by atoms with Gasteiger partial charge >= 0.3 is 0 Å². The van der Waals surface area contributed by atoms with Crippen LogP contribution < -0.4 is 0 Å². The average molecular weight is 268 g/mol. The molecule has 0 spiro atoms. The number of hydrogen-bond acceptors (Lipinski definition) is 3. The number of aliphatic hydroxyl groups excluding tert-OH is 1. The van der Waals surface area contributed by atoms with Gasteiger partial charge in [0.15, 0.2) is 0 Å². The van der Waals surface area contributed by atoms with Crippen LogP contribution in [0.15, 0.2) is 6.20 Å². The molecule has 1 heterocycles. The monoisotopic (exact) mass is 267 g/mol. The minimum Gasteiger partial charge on any atom is -0.506 e. The molecule has 0 radical (unpaired) electrons. The molecule has 1 aromatic rings. The molecule has 0 aromatic carbocycles. The first kappa shape index (κ1) is 11.3. The standard InChI is InChI=1S/C8H8BrF2NO2/c9-1-5-4(3-13)7(8(10)11)6(14)2-12-5/h2,8,13-14H,1,3H2. The Morgan fingerprint density at radius 3 is 2.57 bits per heavy atom. The van der Waals surface area contributed by atoms with Crippen molar-refractivity contribution in [3.8, 4) is 5.75 Å². The number of aliphatic hydroxyl groups is 1. The number of pyridine rings is 1. The molecular weight excluding hydrogens is 260 g/mol. The fourth-order valence-corrected chi connectivity index (χ4v) is 1.61. The third kappa shape index (κ3) is 2.01. The summed E-state index contributed by atoms with van der Waals surface area (Å²) in [5.74, 6) is -0.589. The fraction of sp³-hybridized carbons (Fsp3) is 0.375. The molecule has 0 aliphatic rings. The van der Waals surface area contributed by atoms with Crippen LogP contribution in [0.5, 0.6) is 5.75 Å². The quantitative estimate of drug-likeness (QED) is 0.825. The van der Waals surface area contributed by atoms with Crippen molar-refractivity contribution in [1.29, 1.82) is 0 Å². The van der Waals surface area contributed by atoms with Crippen molar-refractivity contribution in [3.63, 3.8) is 0 Å².